The van der Waals surface area contributed by atoms with Crippen LogP contribution < -0.4 is 14.2 Å². The highest BCUT2D eigenvalue weighted by atomic mass is 16.5. The predicted octanol–water partition coefficient (Wildman–Crippen LogP) is 3.65. The lowest BCUT2D eigenvalue weighted by atomic mass is 9.48. The fourth-order valence-electron chi connectivity index (χ4n) is 6.08. The molecule has 0 heterocycles. The van der Waals surface area contributed by atoms with Gasteiger partial charge in [0.1, 0.15) is 5.56 Å². The Labute approximate surface area is 165 Å². The third-order valence-corrected chi connectivity index (χ3v) is 6.89. The molecule has 28 heavy (non-hydrogen) atoms. The fraction of sp³-hybridized carbons (Fsp3) is 0.636. The second-order valence-electron chi connectivity index (χ2n) is 8.58. The number of esters is 1. The second kappa shape index (κ2) is 7.30. The number of Topliss-reactive ketones (excluding diaryl/α,β-unsaturated/α-hetero) is 1. The van der Waals surface area contributed by atoms with Gasteiger partial charge in [-0.05, 0) is 68.4 Å². The molecule has 152 valence electrons. The lowest BCUT2D eigenvalue weighted by molar-refractivity contribution is -0.147. The number of hydrogen-bond donors (Lipinski definition) is 0. The molecule has 0 aromatic heterocycles. The monoisotopic (exact) mass is 388 g/mol. The van der Waals surface area contributed by atoms with E-state index in [4.69, 9.17) is 18.9 Å². The fourth-order valence-corrected chi connectivity index (χ4v) is 6.08. The van der Waals surface area contributed by atoms with Gasteiger partial charge in [0.05, 0.1) is 21.3 Å². The quantitative estimate of drug-likeness (QED) is 0.664. The van der Waals surface area contributed by atoms with Crippen molar-refractivity contribution in [2.45, 2.75) is 38.5 Å². The molecule has 1 aromatic carbocycles. The molecule has 0 amide bonds. The van der Waals surface area contributed by atoms with Gasteiger partial charge in [-0.15, -0.1) is 0 Å². The lowest BCUT2D eigenvalue weighted by Gasteiger charge is -2.55. The molecule has 4 saturated carbocycles. The van der Waals surface area contributed by atoms with Crippen LogP contribution in [0.1, 0.15) is 48.9 Å². The first kappa shape index (κ1) is 19.1. The number of benzene rings is 1. The Morgan fingerprint density at radius 3 is 1.96 bits per heavy atom. The van der Waals surface area contributed by atoms with E-state index in [1.165, 1.54) is 40.6 Å². The minimum absolute atomic E-state index is 0.0828. The van der Waals surface area contributed by atoms with E-state index in [-0.39, 0.29) is 29.1 Å². The van der Waals surface area contributed by atoms with E-state index in [1.807, 2.05) is 0 Å². The number of methoxy groups -OCH3 is 3. The molecule has 0 atom stereocenters. The van der Waals surface area contributed by atoms with E-state index in [2.05, 4.69) is 0 Å². The average Bonchev–Trinajstić information content (AvgIpc) is 2.69. The Kier molecular flexibility index (Phi) is 4.98. The topological polar surface area (TPSA) is 71.1 Å². The van der Waals surface area contributed by atoms with Crippen LogP contribution in [0.4, 0.5) is 0 Å². The van der Waals surface area contributed by atoms with Gasteiger partial charge >= 0.3 is 5.97 Å². The van der Waals surface area contributed by atoms with Crippen LogP contribution in [-0.4, -0.2) is 39.7 Å². The molecule has 1 aromatic rings. The molecule has 0 radical (unpaired) electrons. The Bertz CT molecular complexity index is 748. The molecule has 4 aliphatic carbocycles. The third-order valence-electron chi connectivity index (χ3n) is 6.89. The zero-order valence-corrected chi connectivity index (χ0v) is 16.8. The summed E-state index contributed by atoms with van der Waals surface area (Å²) in [7, 11) is 4.44. The second-order valence-corrected chi connectivity index (χ2v) is 8.58. The van der Waals surface area contributed by atoms with E-state index in [9.17, 15) is 9.59 Å². The van der Waals surface area contributed by atoms with E-state index >= 15 is 0 Å². The normalized spacial score (nSPS) is 30.0. The summed E-state index contributed by atoms with van der Waals surface area (Å²) in [5.41, 5.74) is -0.0464. The van der Waals surface area contributed by atoms with Crippen LogP contribution in [0.15, 0.2) is 12.1 Å². The third kappa shape index (κ3) is 3.12. The van der Waals surface area contributed by atoms with Crippen molar-refractivity contribution in [2.75, 3.05) is 27.9 Å². The van der Waals surface area contributed by atoms with Gasteiger partial charge < -0.3 is 18.9 Å². The standard InChI is InChI=1S/C22H28O6/c1-25-17-5-4-16(19(26-2)20(17)27-3)21(24)28-12-18(23)22-9-13-6-14(10-22)8-15(7-13)11-22/h4-5,13-15H,6-12H2,1-3H3. The number of carbonyl (C=O) groups excluding carboxylic acids is 2. The maximum absolute atomic E-state index is 13.1. The number of ether oxygens (including phenoxy) is 4. The summed E-state index contributed by atoms with van der Waals surface area (Å²) in [5.74, 6) is 2.56. The van der Waals surface area contributed by atoms with Gasteiger partial charge in [-0.1, -0.05) is 0 Å². The molecule has 0 spiro atoms. The number of carbonyl (C=O) groups is 2. The zero-order chi connectivity index (χ0) is 19.9. The summed E-state index contributed by atoms with van der Waals surface area (Å²) >= 11 is 0. The molecule has 0 aliphatic heterocycles. The van der Waals surface area contributed by atoms with Crippen molar-refractivity contribution < 1.29 is 28.5 Å². The zero-order valence-electron chi connectivity index (χ0n) is 16.8. The molecule has 4 aliphatic rings. The van der Waals surface area contributed by atoms with Gasteiger partial charge in [0.2, 0.25) is 5.75 Å². The van der Waals surface area contributed by atoms with Crippen LogP contribution in [0.5, 0.6) is 17.2 Å². The van der Waals surface area contributed by atoms with E-state index in [1.54, 1.807) is 12.1 Å². The van der Waals surface area contributed by atoms with Crippen molar-refractivity contribution in [3.8, 4) is 17.2 Å². The molecule has 5 rings (SSSR count). The van der Waals surface area contributed by atoms with Crippen LogP contribution in [0.2, 0.25) is 0 Å². The van der Waals surface area contributed by atoms with E-state index in [0.717, 1.165) is 19.3 Å². The van der Waals surface area contributed by atoms with Crippen molar-refractivity contribution in [3.05, 3.63) is 17.7 Å². The van der Waals surface area contributed by atoms with Crippen molar-refractivity contribution in [1.82, 2.24) is 0 Å². The molecule has 4 bridgehead atoms. The van der Waals surface area contributed by atoms with Crippen LogP contribution in [0.3, 0.4) is 0 Å². The van der Waals surface area contributed by atoms with Gasteiger partial charge in [-0.3, -0.25) is 4.79 Å². The molecule has 6 heteroatoms. The highest BCUT2D eigenvalue weighted by Crippen LogP contribution is 2.60. The van der Waals surface area contributed by atoms with Crippen molar-refractivity contribution >= 4 is 11.8 Å². The van der Waals surface area contributed by atoms with Crippen LogP contribution in [0.25, 0.3) is 0 Å². The molecule has 0 unspecified atom stereocenters. The Hall–Kier alpha value is -2.24. The minimum atomic E-state index is -0.587. The number of hydrogen-bond acceptors (Lipinski definition) is 6. The molecule has 0 N–H and O–H groups in total. The largest absolute Gasteiger partial charge is 0.493 e. The Morgan fingerprint density at radius 1 is 0.893 bits per heavy atom. The average molecular weight is 388 g/mol. The van der Waals surface area contributed by atoms with Gasteiger partial charge in [0, 0.05) is 5.41 Å². The summed E-state index contributed by atoms with van der Waals surface area (Å²) < 4.78 is 21.3. The number of ketones is 1. The molecule has 0 saturated heterocycles. The van der Waals surface area contributed by atoms with E-state index in [0.29, 0.717) is 29.3 Å². The molecule has 4 fully saturated rings. The predicted molar refractivity (Wildman–Crippen MR) is 102 cm³/mol. The molecular weight excluding hydrogens is 360 g/mol. The molecular formula is C22H28O6. The number of rotatable bonds is 7. The Balaban J connectivity index is 1.47. The van der Waals surface area contributed by atoms with Crippen LogP contribution in [0, 0.1) is 23.2 Å². The first-order valence-electron chi connectivity index (χ1n) is 9.99. The van der Waals surface area contributed by atoms with E-state index < -0.39 is 5.97 Å². The maximum atomic E-state index is 13.1. The van der Waals surface area contributed by atoms with Crippen molar-refractivity contribution in [2.24, 2.45) is 23.2 Å². The molecule has 6 nitrogen and oxygen atoms in total. The summed E-state index contributed by atoms with van der Waals surface area (Å²) in [6, 6.07) is 3.19. The summed E-state index contributed by atoms with van der Waals surface area (Å²) in [5, 5.41) is 0. The van der Waals surface area contributed by atoms with Crippen LogP contribution in [-0.2, 0) is 9.53 Å². The lowest BCUT2D eigenvalue weighted by Crippen LogP contribution is -2.51. The van der Waals surface area contributed by atoms with Crippen molar-refractivity contribution in [3.63, 3.8) is 0 Å². The van der Waals surface area contributed by atoms with Gasteiger partial charge in [-0.25, -0.2) is 4.79 Å². The van der Waals surface area contributed by atoms with Gasteiger partial charge in [0.25, 0.3) is 0 Å². The Morgan fingerprint density at radius 2 is 1.46 bits per heavy atom. The van der Waals surface area contributed by atoms with Crippen molar-refractivity contribution in [1.29, 1.82) is 0 Å². The first-order chi connectivity index (χ1) is 13.5. The summed E-state index contributed by atoms with van der Waals surface area (Å²) in [6.45, 7) is -0.178. The van der Waals surface area contributed by atoms with Gasteiger partial charge in [-0.2, -0.15) is 0 Å². The SMILES string of the molecule is COc1ccc(C(=O)OCC(=O)C23CC4CC(CC(C4)C2)C3)c(OC)c1OC. The summed E-state index contributed by atoms with van der Waals surface area (Å²) in [4.78, 5) is 25.7. The summed E-state index contributed by atoms with van der Waals surface area (Å²) in [6.07, 6.45) is 6.72. The maximum Gasteiger partial charge on any atom is 0.342 e. The smallest absolute Gasteiger partial charge is 0.342 e. The van der Waals surface area contributed by atoms with Crippen LogP contribution >= 0.6 is 0 Å². The van der Waals surface area contributed by atoms with Gasteiger partial charge in [0.15, 0.2) is 23.9 Å². The minimum Gasteiger partial charge on any atom is -0.493 e. The highest BCUT2D eigenvalue weighted by molar-refractivity contribution is 5.96. The first-order valence-corrected chi connectivity index (χ1v) is 9.99. The highest BCUT2D eigenvalue weighted by Gasteiger charge is 2.54.